The van der Waals surface area contributed by atoms with Gasteiger partial charge in [-0.2, -0.15) is 0 Å². The highest BCUT2D eigenvalue weighted by atomic mass is 19.3. The second kappa shape index (κ2) is 4.48. The number of alkyl halides is 2. The van der Waals surface area contributed by atoms with Crippen LogP contribution in [0.25, 0.3) is 0 Å². The van der Waals surface area contributed by atoms with Crippen molar-refractivity contribution in [1.29, 1.82) is 0 Å². The number of rotatable bonds is 3. The van der Waals surface area contributed by atoms with Crippen LogP contribution in [-0.2, 0) is 9.53 Å². The van der Waals surface area contributed by atoms with Crippen LogP contribution in [0.4, 0.5) is 13.6 Å². The number of Topliss-reactive ketones (excluding diaryl/α,β-unsaturated/α-hetero) is 1. The van der Waals surface area contributed by atoms with Crippen molar-refractivity contribution in [3.8, 4) is 0 Å². The summed E-state index contributed by atoms with van der Waals surface area (Å²) in [6.45, 7) is 6.57. The number of carbonyl (C=O) groups excluding carboxylic acids is 2. The first kappa shape index (κ1) is 14.9. The minimum Gasteiger partial charge on any atom is -0.444 e. The fraction of sp³-hybridized carbons (Fsp3) is 0.833. The third-order valence-corrected chi connectivity index (χ3v) is 2.72. The van der Waals surface area contributed by atoms with Gasteiger partial charge in [-0.3, -0.25) is 4.79 Å². The number of carbonyl (C=O) groups is 2. The normalized spacial score (nSPS) is 20.8. The molecule has 1 fully saturated rings. The van der Waals surface area contributed by atoms with Crippen molar-refractivity contribution in [2.45, 2.75) is 64.0 Å². The van der Waals surface area contributed by atoms with Crippen molar-refractivity contribution in [2.75, 3.05) is 0 Å². The predicted octanol–water partition coefficient (Wildman–Crippen LogP) is 2.66. The van der Waals surface area contributed by atoms with Crippen LogP contribution in [0.1, 0.15) is 47.0 Å². The molecule has 18 heavy (non-hydrogen) atoms. The lowest BCUT2D eigenvalue weighted by molar-refractivity contribution is -0.159. The standard InChI is InChI=1S/C12H19F2NO3/c1-5-8(16)11(6-12(13,14)7-11)15-9(17)18-10(2,3)4/h5-7H2,1-4H3,(H,15,17). The summed E-state index contributed by atoms with van der Waals surface area (Å²) >= 11 is 0. The van der Waals surface area contributed by atoms with E-state index in [-0.39, 0.29) is 12.2 Å². The lowest BCUT2D eigenvalue weighted by Gasteiger charge is -2.46. The number of alkyl carbamates (subject to hydrolysis) is 1. The van der Waals surface area contributed by atoms with Crippen molar-refractivity contribution < 1.29 is 23.1 Å². The van der Waals surface area contributed by atoms with E-state index in [1.165, 1.54) is 0 Å². The number of hydrogen-bond donors (Lipinski definition) is 1. The van der Waals surface area contributed by atoms with Crippen molar-refractivity contribution in [3.63, 3.8) is 0 Å². The molecule has 1 amide bonds. The average molecular weight is 263 g/mol. The van der Waals surface area contributed by atoms with E-state index in [2.05, 4.69) is 5.32 Å². The Balaban J connectivity index is 2.71. The van der Waals surface area contributed by atoms with Crippen molar-refractivity contribution in [1.82, 2.24) is 5.32 Å². The quantitative estimate of drug-likeness (QED) is 0.851. The maximum Gasteiger partial charge on any atom is 0.408 e. The van der Waals surface area contributed by atoms with Gasteiger partial charge in [0.05, 0.1) is 0 Å². The fourth-order valence-electron chi connectivity index (χ4n) is 2.02. The zero-order valence-corrected chi connectivity index (χ0v) is 11.1. The first-order valence-corrected chi connectivity index (χ1v) is 5.92. The second-order valence-electron chi connectivity index (χ2n) is 5.70. The highest BCUT2D eigenvalue weighted by Crippen LogP contribution is 2.46. The SMILES string of the molecule is CCC(=O)C1(NC(=O)OC(C)(C)C)CC(F)(F)C1. The Bertz CT molecular complexity index is 353. The fourth-order valence-corrected chi connectivity index (χ4v) is 2.02. The average Bonchev–Trinajstić information content (AvgIpc) is 2.09. The Kier molecular flexibility index (Phi) is 3.70. The minimum atomic E-state index is -2.89. The molecule has 104 valence electrons. The molecular weight excluding hydrogens is 244 g/mol. The zero-order valence-electron chi connectivity index (χ0n) is 11.1. The molecule has 1 aliphatic carbocycles. The molecule has 0 aromatic carbocycles. The lowest BCUT2D eigenvalue weighted by Crippen LogP contribution is -2.67. The van der Waals surface area contributed by atoms with E-state index < -0.39 is 36.0 Å². The van der Waals surface area contributed by atoms with Gasteiger partial charge >= 0.3 is 6.09 Å². The van der Waals surface area contributed by atoms with Crippen LogP contribution in [-0.4, -0.2) is 28.9 Å². The molecule has 0 aromatic heterocycles. The molecule has 1 saturated carbocycles. The maximum absolute atomic E-state index is 13.0. The third-order valence-electron chi connectivity index (χ3n) is 2.72. The Hall–Kier alpha value is -1.20. The lowest BCUT2D eigenvalue weighted by atomic mass is 9.70. The summed E-state index contributed by atoms with van der Waals surface area (Å²) in [6, 6.07) is 0. The molecular formula is C12H19F2NO3. The highest BCUT2D eigenvalue weighted by Gasteiger charge is 2.61. The van der Waals surface area contributed by atoms with E-state index in [4.69, 9.17) is 4.74 Å². The van der Waals surface area contributed by atoms with Crippen LogP contribution in [0.2, 0.25) is 0 Å². The summed E-state index contributed by atoms with van der Waals surface area (Å²) in [5.74, 6) is -3.28. The van der Waals surface area contributed by atoms with Gasteiger partial charge in [0.25, 0.3) is 5.92 Å². The van der Waals surface area contributed by atoms with Crippen molar-refractivity contribution in [3.05, 3.63) is 0 Å². The zero-order chi connectivity index (χ0) is 14.2. The van der Waals surface area contributed by atoms with Crippen LogP contribution < -0.4 is 5.32 Å². The smallest absolute Gasteiger partial charge is 0.408 e. The number of ketones is 1. The molecule has 0 aromatic rings. The minimum absolute atomic E-state index is 0.103. The molecule has 0 heterocycles. The molecule has 4 nitrogen and oxygen atoms in total. The number of amides is 1. The van der Waals surface area contributed by atoms with E-state index in [9.17, 15) is 18.4 Å². The van der Waals surface area contributed by atoms with Crippen LogP contribution in [0.3, 0.4) is 0 Å². The topological polar surface area (TPSA) is 55.4 Å². The number of hydrogen-bond acceptors (Lipinski definition) is 3. The molecule has 0 atom stereocenters. The summed E-state index contributed by atoms with van der Waals surface area (Å²) in [5.41, 5.74) is -2.19. The molecule has 1 aliphatic rings. The molecule has 0 bridgehead atoms. The van der Waals surface area contributed by atoms with Crippen LogP contribution in [0.5, 0.6) is 0 Å². The second-order valence-corrected chi connectivity index (χ2v) is 5.70. The van der Waals surface area contributed by atoms with Gasteiger partial charge in [-0.15, -0.1) is 0 Å². The first-order valence-electron chi connectivity index (χ1n) is 5.92. The summed E-state index contributed by atoms with van der Waals surface area (Å²) in [5, 5.41) is 2.30. The van der Waals surface area contributed by atoms with Crippen molar-refractivity contribution >= 4 is 11.9 Å². The Morgan fingerprint density at radius 2 is 1.78 bits per heavy atom. The monoisotopic (exact) mass is 263 g/mol. The summed E-state index contributed by atoms with van der Waals surface area (Å²) in [6.07, 6.45) is -2.02. The molecule has 0 spiro atoms. The van der Waals surface area contributed by atoms with Gasteiger partial charge in [0, 0.05) is 19.3 Å². The van der Waals surface area contributed by atoms with Gasteiger partial charge in [0.15, 0.2) is 5.78 Å². The largest absolute Gasteiger partial charge is 0.444 e. The van der Waals surface area contributed by atoms with E-state index >= 15 is 0 Å². The third kappa shape index (κ3) is 3.40. The Morgan fingerprint density at radius 3 is 2.11 bits per heavy atom. The van der Waals surface area contributed by atoms with E-state index in [1.54, 1.807) is 27.7 Å². The number of halogens is 2. The molecule has 6 heteroatoms. The van der Waals surface area contributed by atoms with Gasteiger partial charge in [-0.1, -0.05) is 6.92 Å². The van der Waals surface area contributed by atoms with Gasteiger partial charge in [0.2, 0.25) is 0 Å². The first-order chi connectivity index (χ1) is 8.00. The summed E-state index contributed by atoms with van der Waals surface area (Å²) in [7, 11) is 0. The molecule has 0 radical (unpaired) electrons. The highest BCUT2D eigenvalue weighted by molar-refractivity contribution is 5.92. The van der Waals surface area contributed by atoms with E-state index in [0.717, 1.165) is 0 Å². The van der Waals surface area contributed by atoms with Crippen LogP contribution >= 0.6 is 0 Å². The molecule has 0 unspecified atom stereocenters. The molecule has 0 aliphatic heterocycles. The maximum atomic E-state index is 13.0. The summed E-state index contributed by atoms with van der Waals surface area (Å²) in [4.78, 5) is 23.3. The van der Waals surface area contributed by atoms with Gasteiger partial charge in [0.1, 0.15) is 11.1 Å². The van der Waals surface area contributed by atoms with Crippen LogP contribution in [0.15, 0.2) is 0 Å². The summed E-state index contributed by atoms with van der Waals surface area (Å²) < 4.78 is 30.9. The Morgan fingerprint density at radius 1 is 1.28 bits per heavy atom. The van der Waals surface area contributed by atoms with Gasteiger partial charge in [-0.05, 0) is 20.8 Å². The van der Waals surface area contributed by atoms with E-state index in [1.807, 2.05) is 0 Å². The van der Waals surface area contributed by atoms with E-state index in [0.29, 0.717) is 0 Å². The van der Waals surface area contributed by atoms with Gasteiger partial charge in [-0.25, -0.2) is 13.6 Å². The van der Waals surface area contributed by atoms with Crippen LogP contribution in [0, 0.1) is 0 Å². The van der Waals surface area contributed by atoms with Crippen molar-refractivity contribution in [2.24, 2.45) is 0 Å². The number of ether oxygens (including phenoxy) is 1. The molecule has 1 N–H and O–H groups in total. The van der Waals surface area contributed by atoms with Gasteiger partial charge < -0.3 is 10.1 Å². The molecule has 1 rings (SSSR count). The number of nitrogens with one attached hydrogen (secondary N) is 1. The predicted molar refractivity (Wildman–Crippen MR) is 61.6 cm³/mol. The Labute approximate surface area is 105 Å². The molecule has 0 saturated heterocycles.